The van der Waals surface area contributed by atoms with Gasteiger partial charge in [0, 0.05) is 12.6 Å². The zero-order chi connectivity index (χ0) is 12.7. The normalized spacial score (nSPS) is 30.0. The quantitative estimate of drug-likeness (QED) is 0.657. The number of hydrogen-bond acceptors (Lipinski definition) is 2. The molecular weight excluding hydrogens is 210 g/mol. The van der Waals surface area contributed by atoms with Crippen molar-refractivity contribution in [2.24, 2.45) is 0 Å². The van der Waals surface area contributed by atoms with E-state index >= 15 is 0 Å². The van der Waals surface area contributed by atoms with Gasteiger partial charge in [-0.15, -0.1) is 0 Å². The van der Waals surface area contributed by atoms with Gasteiger partial charge in [-0.2, -0.15) is 0 Å². The molecule has 2 heteroatoms. The van der Waals surface area contributed by atoms with E-state index in [2.05, 4.69) is 25.8 Å². The molecular formula is C15H31NO. The Balaban J connectivity index is 2.03. The van der Waals surface area contributed by atoms with Crippen LogP contribution in [-0.2, 0) is 0 Å². The van der Waals surface area contributed by atoms with Gasteiger partial charge in [0.15, 0.2) is 0 Å². The lowest BCUT2D eigenvalue weighted by Gasteiger charge is -2.22. The van der Waals surface area contributed by atoms with E-state index in [0.717, 1.165) is 19.4 Å². The van der Waals surface area contributed by atoms with Crippen LogP contribution in [0.1, 0.15) is 71.6 Å². The van der Waals surface area contributed by atoms with Gasteiger partial charge in [0.25, 0.3) is 0 Å². The maximum Gasteiger partial charge on any atom is 0.0788 e. The Hall–Kier alpha value is -0.0800. The molecule has 102 valence electrons. The fraction of sp³-hybridized carbons (Fsp3) is 1.00. The largest absolute Gasteiger partial charge is 0.388 e. The van der Waals surface area contributed by atoms with Crippen LogP contribution in [-0.4, -0.2) is 35.2 Å². The first-order chi connectivity index (χ1) is 8.07. The monoisotopic (exact) mass is 241 g/mol. The first kappa shape index (κ1) is 15.0. The number of hydrogen-bond donors (Lipinski definition) is 1. The molecule has 1 fully saturated rings. The molecule has 0 bridgehead atoms. The van der Waals surface area contributed by atoms with E-state index in [9.17, 15) is 5.11 Å². The van der Waals surface area contributed by atoms with Crippen molar-refractivity contribution >= 4 is 0 Å². The maximum atomic E-state index is 10.4. The minimum Gasteiger partial charge on any atom is -0.388 e. The second-order valence-corrected chi connectivity index (χ2v) is 6.06. The summed E-state index contributed by atoms with van der Waals surface area (Å²) in [5.74, 6) is 0. The maximum absolute atomic E-state index is 10.4. The van der Waals surface area contributed by atoms with Crippen LogP contribution in [0.2, 0.25) is 0 Å². The summed E-state index contributed by atoms with van der Waals surface area (Å²) < 4.78 is 0. The van der Waals surface area contributed by atoms with E-state index in [1.54, 1.807) is 0 Å². The Morgan fingerprint density at radius 1 is 1.12 bits per heavy atom. The van der Waals surface area contributed by atoms with Gasteiger partial charge in [-0.05, 0) is 26.8 Å². The second kappa shape index (κ2) is 7.38. The minimum absolute atomic E-state index is 0.391. The summed E-state index contributed by atoms with van der Waals surface area (Å²) in [6.07, 6.45) is 11.3. The third-order valence-corrected chi connectivity index (χ3v) is 4.22. The van der Waals surface area contributed by atoms with Crippen LogP contribution in [0, 0.1) is 0 Å². The highest BCUT2D eigenvalue weighted by atomic mass is 16.3. The van der Waals surface area contributed by atoms with Crippen molar-refractivity contribution in [3.63, 3.8) is 0 Å². The summed E-state index contributed by atoms with van der Waals surface area (Å²) in [7, 11) is 2.12. The predicted octanol–water partition coefficient (Wildman–Crippen LogP) is 3.58. The number of unbranched alkanes of at least 4 members (excludes halogenated alkanes) is 6. The van der Waals surface area contributed by atoms with Crippen molar-refractivity contribution in [2.45, 2.75) is 83.3 Å². The Labute approximate surface area is 107 Å². The molecule has 2 unspecified atom stereocenters. The molecule has 1 rings (SSSR count). The summed E-state index contributed by atoms with van der Waals surface area (Å²) in [5.41, 5.74) is -0.391. The molecule has 2 atom stereocenters. The molecule has 0 saturated carbocycles. The summed E-state index contributed by atoms with van der Waals surface area (Å²) >= 11 is 0. The highest BCUT2D eigenvalue weighted by Gasteiger charge is 2.37. The van der Waals surface area contributed by atoms with Crippen LogP contribution in [0.3, 0.4) is 0 Å². The molecule has 0 aromatic heterocycles. The van der Waals surface area contributed by atoms with Crippen molar-refractivity contribution in [3.8, 4) is 0 Å². The van der Waals surface area contributed by atoms with Gasteiger partial charge < -0.3 is 10.0 Å². The fourth-order valence-electron chi connectivity index (χ4n) is 2.98. The van der Waals surface area contributed by atoms with E-state index in [1.807, 2.05) is 0 Å². The number of β-amino-alcohol motifs (C(OH)–C–C–N with tert-alkyl or cyclic N) is 1. The lowest BCUT2D eigenvalue weighted by Crippen LogP contribution is -2.31. The molecule has 1 N–H and O–H groups in total. The van der Waals surface area contributed by atoms with Gasteiger partial charge in [-0.1, -0.05) is 51.9 Å². The average Bonchev–Trinajstić information content (AvgIpc) is 2.52. The summed E-state index contributed by atoms with van der Waals surface area (Å²) in [6, 6.07) is 0.546. The highest BCUT2D eigenvalue weighted by Crippen LogP contribution is 2.30. The fourth-order valence-corrected chi connectivity index (χ4v) is 2.98. The molecule has 1 aliphatic heterocycles. The second-order valence-electron chi connectivity index (χ2n) is 6.06. The highest BCUT2D eigenvalue weighted by molar-refractivity contribution is 4.93. The van der Waals surface area contributed by atoms with E-state index in [1.165, 1.54) is 44.9 Å². The lowest BCUT2D eigenvalue weighted by atomic mass is 9.93. The topological polar surface area (TPSA) is 23.5 Å². The van der Waals surface area contributed by atoms with Crippen LogP contribution in [0.4, 0.5) is 0 Å². The number of likely N-dealkylation sites (N-methyl/N-ethyl adjacent to an activating group) is 1. The smallest absolute Gasteiger partial charge is 0.0788 e. The summed E-state index contributed by atoms with van der Waals surface area (Å²) in [4.78, 5) is 2.28. The number of aliphatic hydroxyl groups is 1. The summed E-state index contributed by atoms with van der Waals surface area (Å²) in [6.45, 7) is 5.33. The zero-order valence-corrected chi connectivity index (χ0v) is 12.0. The van der Waals surface area contributed by atoms with E-state index in [4.69, 9.17) is 0 Å². The van der Waals surface area contributed by atoms with Gasteiger partial charge in [0.05, 0.1) is 5.60 Å². The Morgan fingerprint density at radius 2 is 1.71 bits per heavy atom. The number of nitrogens with zero attached hydrogens (tertiary/aromatic N) is 1. The predicted molar refractivity (Wildman–Crippen MR) is 74.3 cm³/mol. The third-order valence-electron chi connectivity index (χ3n) is 4.22. The van der Waals surface area contributed by atoms with E-state index in [0.29, 0.717) is 6.04 Å². The first-order valence-corrected chi connectivity index (χ1v) is 7.50. The average molecular weight is 241 g/mol. The van der Waals surface area contributed by atoms with Gasteiger partial charge in [-0.3, -0.25) is 0 Å². The van der Waals surface area contributed by atoms with Gasteiger partial charge >= 0.3 is 0 Å². The molecule has 0 aromatic carbocycles. The molecule has 2 nitrogen and oxygen atoms in total. The van der Waals surface area contributed by atoms with Crippen LogP contribution >= 0.6 is 0 Å². The van der Waals surface area contributed by atoms with Crippen molar-refractivity contribution in [1.82, 2.24) is 4.90 Å². The molecule has 0 amide bonds. The standard InChI is InChI=1S/C15H31NO/c1-4-5-6-7-8-9-10-11-15(17)12-14(2)16(3)13-15/h14,17H,4-13H2,1-3H3. The lowest BCUT2D eigenvalue weighted by molar-refractivity contribution is 0.0401. The SMILES string of the molecule is CCCCCCCCCC1(O)CC(C)N(C)C1. The van der Waals surface area contributed by atoms with Gasteiger partial charge in [0.2, 0.25) is 0 Å². The van der Waals surface area contributed by atoms with Crippen LogP contribution in [0.25, 0.3) is 0 Å². The molecule has 1 heterocycles. The van der Waals surface area contributed by atoms with E-state index in [-0.39, 0.29) is 0 Å². The van der Waals surface area contributed by atoms with E-state index < -0.39 is 5.60 Å². The number of rotatable bonds is 8. The van der Waals surface area contributed by atoms with Crippen LogP contribution < -0.4 is 0 Å². The van der Waals surface area contributed by atoms with Crippen molar-refractivity contribution in [1.29, 1.82) is 0 Å². The summed E-state index contributed by atoms with van der Waals surface area (Å²) in [5, 5.41) is 10.4. The molecule has 0 aromatic rings. The number of likely N-dealkylation sites (tertiary alicyclic amines) is 1. The molecule has 0 aliphatic carbocycles. The van der Waals surface area contributed by atoms with Crippen molar-refractivity contribution < 1.29 is 5.11 Å². The molecule has 0 radical (unpaired) electrons. The molecule has 0 spiro atoms. The zero-order valence-electron chi connectivity index (χ0n) is 12.0. The molecule has 1 aliphatic rings. The van der Waals surface area contributed by atoms with Gasteiger partial charge in [0.1, 0.15) is 0 Å². The van der Waals surface area contributed by atoms with Crippen LogP contribution in [0.15, 0.2) is 0 Å². The van der Waals surface area contributed by atoms with Crippen LogP contribution in [0.5, 0.6) is 0 Å². The van der Waals surface area contributed by atoms with Gasteiger partial charge in [-0.25, -0.2) is 0 Å². The minimum atomic E-state index is -0.391. The third kappa shape index (κ3) is 5.39. The molecule has 1 saturated heterocycles. The Kier molecular flexibility index (Phi) is 6.50. The molecule has 17 heavy (non-hydrogen) atoms. The Morgan fingerprint density at radius 3 is 2.24 bits per heavy atom. The first-order valence-electron chi connectivity index (χ1n) is 7.50. The van der Waals surface area contributed by atoms with Crippen molar-refractivity contribution in [3.05, 3.63) is 0 Å². The van der Waals surface area contributed by atoms with Crippen molar-refractivity contribution in [2.75, 3.05) is 13.6 Å². The Bertz CT molecular complexity index is 195.